The molecule has 0 heterocycles. The zero-order chi connectivity index (χ0) is 15.1. The van der Waals surface area contributed by atoms with E-state index in [4.69, 9.17) is 10.5 Å². The number of benzene rings is 1. The molecule has 1 amide bonds. The Morgan fingerprint density at radius 1 is 1.35 bits per heavy atom. The van der Waals surface area contributed by atoms with Gasteiger partial charge in [0.1, 0.15) is 6.61 Å². The Labute approximate surface area is 133 Å². The first kappa shape index (κ1) is 17.1. The van der Waals surface area contributed by atoms with Crippen LogP contribution in [0, 0.1) is 0 Å². The maximum absolute atomic E-state index is 11.7. The standard InChI is InChI=1S/C12H14Br2N2O4/c1-19-12(18)8-4-7(13)5-9(14)11(8)16-10(17)6-20-3-2-15/h4-5H,2-3,6,15H2,1H3,(H,16,17). The summed E-state index contributed by atoms with van der Waals surface area (Å²) in [5.74, 6) is -0.934. The fourth-order valence-corrected chi connectivity index (χ4v) is 2.72. The van der Waals surface area contributed by atoms with Gasteiger partial charge in [-0.15, -0.1) is 0 Å². The molecule has 1 rings (SSSR count). The van der Waals surface area contributed by atoms with Gasteiger partial charge in [0, 0.05) is 15.5 Å². The van der Waals surface area contributed by atoms with E-state index in [2.05, 4.69) is 41.9 Å². The highest BCUT2D eigenvalue weighted by Gasteiger charge is 2.18. The number of ether oxygens (including phenoxy) is 2. The average molecular weight is 410 g/mol. The Kier molecular flexibility index (Phi) is 7.14. The van der Waals surface area contributed by atoms with Crippen molar-refractivity contribution in [3.63, 3.8) is 0 Å². The summed E-state index contributed by atoms with van der Waals surface area (Å²) < 4.78 is 11.0. The van der Waals surface area contributed by atoms with Gasteiger partial charge in [-0.3, -0.25) is 4.79 Å². The van der Waals surface area contributed by atoms with Gasteiger partial charge >= 0.3 is 5.97 Å². The lowest BCUT2D eigenvalue weighted by molar-refractivity contribution is -0.120. The zero-order valence-corrected chi connectivity index (χ0v) is 13.9. The van der Waals surface area contributed by atoms with Crippen molar-refractivity contribution in [2.75, 3.05) is 32.2 Å². The molecule has 0 aliphatic rings. The second-order valence-electron chi connectivity index (χ2n) is 3.69. The first-order valence-electron chi connectivity index (χ1n) is 5.64. The quantitative estimate of drug-likeness (QED) is 0.553. The molecular weight excluding hydrogens is 396 g/mol. The Balaban J connectivity index is 2.93. The van der Waals surface area contributed by atoms with Crippen molar-refractivity contribution in [1.29, 1.82) is 0 Å². The third-order valence-electron chi connectivity index (χ3n) is 2.22. The highest BCUT2D eigenvalue weighted by molar-refractivity contribution is 9.11. The lowest BCUT2D eigenvalue weighted by Gasteiger charge is -2.12. The molecule has 0 saturated heterocycles. The highest BCUT2D eigenvalue weighted by atomic mass is 79.9. The number of halogens is 2. The fourth-order valence-electron chi connectivity index (χ4n) is 1.40. The van der Waals surface area contributed by atoms with Gasteiger partial charge in [0.15, 0.2) is 0 Å². The van der Waals surface area contributed by atoms with Gasteiger partial charge in [0.2, 0.25) is 5.91 Å². The molecular formula is C12H14Br2N2O4. The molecule has 110 valence electrons. The molecule has 0 aliphatic heterocycles. The van der Waals surface area contributed by atoms with Crippen molar-refractivity contribution in [2.24, 2.45) is 5.73 Å². The molecule has 1 aromatic rings. The summed E-state index contributed by atoms with van der Waals surface area (Å²) in [6.45, 7) is 0.488. The highest BCUT2D eigenvalue weighted by Crippen LogP contribution is 2.31. The minimum atomic E-state index is -0.551. The molecule has 0 unspecified atom stereocenters. The second kappa shape index (κ2) is 8.35. The monoisotopic (exact) mass is 408 g/mol. The number of carbonyl (C=O) groups is 2. The lowest BCUT2D eigenvalue weighted by Crippen LogP contribution is -2.22. The number of rotatable bonds is 6. The van der Waals surface area contributed by atoms with Crippen LogP contribution < -0.4 is 11.1 Å². The SMILES string of the molecule is COC(=O)c1cc(Br)cc(Br)c1NC(=O)COCCN. The van der Waals surface area contributed by atoms with E-state index in [9.17, 15) is 9.59 Å². The van der Waals surface area contributed by atoms with Crippen LogP contribution in [0.25, 0.3) is 0 Å². The van der Waals surface area contributed by atoms with Crippen molar-refractivity contribution in [2.45, 2.75) is 0 Å². The number of hydrogen-bond donors (Lipinski definition) is 2. The first-order valence-corrected chi connectivity index (χ1v) is 7.23. The lowest BCUT2D eigenvalue weighted by atomic mass is 10.2. The largest absolute Gasteiger partial charge is 0.465 e. The Morgan fingerprint density at radius 2 is 2.05 bits per heavy atom. The minimum absolute atomic E-state index is 0.139. The van der Waals surface area contributed by atoms with E-state index in [1.807, 2.05) is 0 Å². The zero-order valence-electron chi connectivity index (χ0n) is 10.7. The van der Waals surface area contributed by atoms with Crippen LogP contribution in [-0.2, 0) is 14.3 Å². The normalized spacial score (nSPS) is 10.2. The van der Waals surface area contributed by atoms with Crippen molar-refractivity contribution in [1.82, 2.24) is 0 Å². The molecule has 0 fully saturated rings. The van der Waals surface area contributed by atoms with E-state index in [1.54, 1.807) is 12.1 Å². The van der Waals surface area contributed by atoms with Gasteiger partial charge in [0.25, 0.3) is 0 Å². The van der Waals surface area contributed by atoms with Crippen LogP contribution in [0.1, 0.15) is 10.4 Å². The van der Waals surface area contributed by atoms with Gasteiger partial charge in [-0.05, 0) is 28.1 Å². The van der Waals surface area contributed by atoms with Crippen LogP contribution in [0.5, 0.6) is 0 Å². The number of anilines is 1. The molecule has 8 heteroatoms. The van der Waals surface area contributed by atoms with E-state index < -0.39 is 5.97 Å². The van der Waals surface area contributed by atoms with Gasteiger partial charge in [-0.25, -0.2) is 4.79 Å². The third kappa shape index (κ3) is 4.86. The van der Waals surface area contributed by atoms with Gasteiger partial charge < -0.3 is 20.5 Å². The van der Waals surface area contributed by atoms with E-state index >= 15 is 0 Å². The van der Waals surface area contributed by atoms with Gasteiger partial charge in [-0.2, -0.15) is 0 Å². The smallest absolute Gasteiger partial charge is 0.340 e. The van der Waals surface area contributed by atoms with Crippen molar-refractivity contribution in [3.8, 4) is 0 Å². The molecule has 3 N–H and O–H groups in total. The molecule has 6 nitrogen and oxygen atoms in total. The maximum atomic E-state index is 11.7. The molecule has 0 aliphatic carbocycles. The Bertz CT molecular complexity index is 508. The van der Waals surface area contributed by atoms with Gasteiger partial charge in [-0.1, -0.05) is 15.9 Å². The van der Waals surface area contributed by atoms with Crippen molar-refractivity contribution in [3.05, 3.63) is 26.6 Å². The summed E-state index contributed by atoms with van der Waals surface area (Å²) in [5, 5.41) is 2.61. The number of nitrogens with two attached hydrogens (primary N) is 1. The molecule has 0 saturated carbocycles. The maximum Gasteiger partial charge on any atom is 0.340 e. The van der Waals surface area contributed by atoms with Crippen LogP contribution >= 0.6 is 31.9 Å². The predicted molar refractivity (Wildman–Crippen MR) is 81.7 cm³/mol. The summed E-state index contributed by atoms with van der Waals surface area (Å²) in [7, 11) is 1.27. The number of methoxy groups -OCH3 is 1. The Hall–Kier alpha value is -0.960. The number of hydrogen-bond acceptors (Lipinski definition) is 5. The number of nitrogens with one attached hydrogen (secondary N) is 1. The van der Waals surface area contributed by atoms with Crippen LogP contribution in [-0.4, -0.2) is 38.7 Å². The summed E-state index contributed by atoms with van der Waals surface area (Å²) in [6.07, 6.45) is 0. The summed E-state index contributed by atoms with van der Waals surface area (Å²) in [4.78, 5) is 23.4. The molecule has 20 heavy (non-hydrogen) atoms. The number of amides is 1. The van der Waals surface area contributed by atoms with E-state index in [1.165, 1.54) is 7.11 Å². The Morgan fingerprint density at radius 3 is 2.65 bits per heavy atom. The van der Waals surface area contributed by atoms with E-state index in [0.717, 1.165) is 0 Å². The molecule has 0 atom stereocenters. The number of esters is 1. The van der Waals surface area contributed by atoms with Crippen molar-refractivity contribution >= 4 is 49.4 Å². The van der Waals surface area contributed by atoms with Crippen LogP contribution in [0.3, 0.4) is 0 Å². The molecule has 0 radical (unpaired) electrons. The first-order chi connectivity index (χ1) is 9.49. The van der Waals surface area contributed by atoms with Crippen LogP contribution in [0.4, 0.5) is 5.69 Å². The summed E-state index contributed by atoms with van der Waals surface area (Å²) in [6, 6.07) is 3.27. The third-order valence-corrected chi connectivity index (χ3v) is 3.30. The van der Waals surface area contributed by atoms with Gasteiger partial charge in [0.05, 0.1) is 25.0 Å². The molecule has 1 aromatic carbocycles. The minimum Gasteiger partial charge on any atom is -0.465 e. The predicted octanol–water partition coefficient (Wildman–Crippen LogP) is 1.91. The van der Waals surface area contributed by atoms with E-state index in [-0.39, 0.29) is 18.1 Å². The second-order valence-corrected chi connectivity index (χ2v) is 5.46. The molecule has 0 spiro atoms. The topological polar surface area (TPSA) is 90.6 Å². The van der Waals surface area contributed by atoms with Crippen LogP contribution in [0.2, 0.25) is 0 Å². The van der Waals surface area contributed by atoms with Crippen LogP contribution in [0.15, 0.2) is 21.1 Å². The summed E-state index contributed by atoms with van der Waals surface area (Å²) in [5.41, 5.74) is 5.83. The van der Waals surface area contributed by atoms with Crippen molar-refractivity contribution < 1.29 is 19.1 Å². The molecule has 0 bridgehead atoms. The summed E-state index contributed by atoms with van der Waals surface area (Å²) >= 11 is 6.57. The van der Waals surface area contributed by atoms with E-state index in [0.29, 0.717) is 27.8 Å². The average Bonchev–Trinajstić information content (AvgIpc) is 2.41. The molecule has 0 aromatic heterocycles. The number of carbonyl (C=O) groups excluding carboxylic acids is 2. The fraction of sp³-hybridized carbons (Fsp3) is 0.333.